The first-order chi connectivity index (χ1) is 10.2. The molecule has 21 heavy (non-hydrogen) atoms. The lowest BCUT2D eigenvalue weighted by Crippen LogP contribution is -2.45. The molecule has 0 saturated carbocycles. The predicted molar refractivity (Wildman–Crippen MR) is 84.7 cm³/mol. The lowest BCUT2D eigenvalue weighted by atomic mass is 10.00. The zero-order chi connectivity index (χ0) is 15.2. The fourth-order valence-electron chi connectivity index (χ4n) is 2.66. The minimum Gasteiger partial charge on any atom is -0.496 e. The van der Waals surface area contributed by atoms with Crippen molar-refractivity contribution in [2.75, 3.05) is 40.4 Å². The van der Waals surface area contributed by atoms with E-state index in [9.17, 15) is 5.26 Å². The fourth-order valence-corrected chi connectivity index (χ4v) is 3.14. The van der Waals surface area contributed by atoms with E-state index < -0.39 is 0 Å². The highest BCUT2D eigenvalue weighted by Gasteiger charge is 2.26. The van der Waals surface area contributed by atoms with Gasteiger partial charge in [0, 0.05) is 31.7 Å². The minimum absolute atomic E-state index is 0.0223. The molecule has 1 aliphatic rings. The number of ether oxygens (including phenoxy) is 2. The molecule has 1 aliphatic heterocycles. The Hall–Kier alpha value is -1.29. The van der Waals surface area contributed by atoms with Crippen LogP contribution in [-0.2, 0) is 0 Å². The molecule has 0 aromatic heterocycles. The van der Waals surface area contributed by atoms with Crippen LogP contribution >= 0.6 is 15.9 Å². The normalized spacial score (nSPS) is 17.0. The van der Waals surface area contributed by atoms with Crippen LogP contribution in [0.3, 0.4) is 0 Å². The fraction of sp³-hybridized carbons (Fsp3) is 0.533. The highest BCUT2D eigenvalue weighted by atomic mass is 79.9. The summed E-state index contributed by atoms with van der Waals surface area (Å²) in [5.74, 6) is 1.53. The molecule has 1 aromatic rings. The third-order valence-electron chi connectivity index (χ3n) is 3.74. The monoisotopic (exact) mass is 353 g/mol. The third-order valence-corrected chi connectivity index (χ3v) is 4.36. The summed E-state index contributed by atoms with van der Waals surface area (Å²) in [6, 6.07) is 6.19. The van der Waals surface area contributed by atoms with Gasteiger partial charge < -0.3 is 14.8 Å². The summed E-state index contributed by atoms with van der Waals surface area (Å²) in [4.78, 5) is 2.32. The molecule has 0 aliphatic carbocycles. The van der Waals surface area contributed by atoms with Gasteiger partial charge in [0.2, 0.25) is 0 Å². The predicted octanol–water partition coefficient (Wildman–Crippen LogP) is 2.33. The largest absolute Gasteiger partial charge is 0.496 e. The SMILES string of the molecule is COc1cc([C@H](CC#N)N2CCNCC2)c(OC)cc1Br. The number of nitrogens with zero attached hydrogens (tertiary/aromatic N) is 2. The lowest BCUT2D eigenvalue weighted by molar-refractivity contribution is 0.172. The number of methoxy groups -OCH3 is 2. The Balaban J connectivity index is 2.40. The minimum atomic E-state index is 0.0223. The van der Waals surface area contributed by atoms with Gasteiger partial charge in [-0.1, -0.05) is 0 Å². The van der Waals surface area contributed by atoms with E-state index in [0.29, 0.717) is 6.42 Å². The van der Waals surface area contributed by atoms with Gasteiger partial charge >= 0.3 is 0 Å². The average Bonchev–Trinajstić information content (AvgIpc) is 2.53. The molecule has 1 heterocycles. The first-order valence-electron chi connectivity index (χ1n) is 6.94. The molecule has 0 amide bonds. The van der Waals surface area contributed by atoms with Gasteiger partial charge in [0.1, 0.15) is 11.5 Å². The summed E-state index contributed by atoms with van der Waals surface area (Å²) in [7, 11) is 3.29. The van der Waals surface area contributed by atoms with Crippen molar-refractivity contribution >= 4 is 15.9 Å². The van der Waals surface area contributed by atoms with Crippen LogP contribution in [0.25, 0.3) is 0 Å². The highest BCUT2D eigenvalue weighted by Crippen LogP contribution is 2.39. The average molecular weight is 354 g/mol. The van der Waals surface area contributed by atoms with Crippen molar-refractivity contribution in [3.8, 4) is 17.6 Å². The van der Waals surface area contributed by atoms with E-state index in [1.54, 1.807) is 14.2 Å². The van der Waals surface area contributed by atoms with Gasteiger partial charge in [-0.15, -0.1) is 0 Å². The summed E-state index contributed by atoms with van der Waals surface area (Å²) < 4.78 is 11.7. The van der Waals surface area contributed by atoms with E-state index in [1.807, 2.05) is 12.1 Å². The standard InChI is InChI=1S/C15H20BrN3O2/c1-20-14-10-12(16)15(21-2)9-11(14)13(3-4-17)19-7-5-18-6-8-19/h9-10,13,18H,3,5-8H2,1-2H3/t13-/m0/s1. The van der Waals surface area contributed by atoms with Crippen LogP contribution in [0.1, 0.15) is 18.0 Å². The van der Waals surface area contributed by atoms with Gasteiger partial charge in [0.25, 0.3) is 0 Å². The first-order valence-corrected chi connectivity index (χ1v) is 7.73. The molecule has 1 fully saturated rings. The Morgan fingerprint density at radius 3 is 2.52 bits per heavy atom. The second kappa shape index (κ2) is 7.64. The van der Waals surface area contributed by atoms with Crippen molar-refractivity contribution in [3.05, 3.63) is 22.2 Å². The van der Waals surface area contributed by atoms with Crippen molar-refractivity contribution in [3.63, 3.8) is 0 Å². The summed E-state index contributed by atoms with van der Waals surface area (Å²) in [6.07, 6.45) is 0.432. The van der Waals surface area contributed by atoms with Crippen LogP contribution in [0, 0.1) is 11.3 Å². The zero-order valence-electron chi connectivity index (χ0n) is 12.4. The Bertz CT molecular complexity index is 524. The van der Waals surface area contributed by atoms with Gasteiger partial charge in [-0.05, 0) is 28.1 Å². The lowest BCUT2D eigenvalue weighted by Gasteiger charge is -2.34. The molecule has 0 bridgehead atoms. The van der Waals surface area contributed by atoms with Crippen molar-refractivity contribution < 1.29 is 9.47 Å². The number of piperazine rings is 1. The van der Waals surface area contributed by atoms with Gasteiger partial charge in [-0.25, -0.2) is 0 Å². The number of hydrogen-bond donors (Lipinski definition) is 1. The van der Waals surface area contributed by atoms with Gasteiger partial charge in [0.05, 0.1) is 37.2 Å². The van der Waals surface area contributed by atoms with E-state index in [4.69, 9.17) is 9.47 Å². The Morgan fingerprint density at radius 1 is 1.29 bits per heavy atom. The van der Waals surface area contributed by atoms with Crippen molar-refractivity contribution in [1.29, 1.82) is 5.26 Å². The Kier molecular flexibility index (Phi) is 5.85. The zero-order valence-corrected chi connectivity index (χ0v) is 13.9. The van der Waals surface area contributed by atoms with Gasteiger partial charge in [-0.3, -0.25) is 4.90 Å². The van der Waals surface area contributed by atoms with Crippen LogP contribution in [0.5, 0.6) is 11.5 Å². The molecule has 1 atom stereocenters. The number of rotatable bonds is 5. The smallest absolute Gasteiger partial charge is 0.133 e. The number of hydrogen-bond acceptors (Lipinski definition) is 5. The van der Waals surface area contributed by atoms with Crippen LogP contribution in [0.2, 0.25) is 0 Å². The van der Waals surface area contributed by atoms with E-state index in [-0.39, 0.29) is 6.04 Å². The molecular weight excluding hydrogens is 334 g/mol. The summed E-state index contributed by atoms with van der Waals surface area (Å²) >= 11 is 3.47. The molecule has 1 aromatic carbocycles. The van der Waals surface area contributed by atoms with Gasteiger partial charge in [0.15, 0.2) is 0 Å². The number of halogens is 1. The number of nitriles is 1. The second-order valence-electron chi connectivity index (χ2n) is 4.89. The topological polar surface area (TPSA) is 57.5 Å². The molecule has 0 spiro atoms. The molecule has 114 valence electrons. The molecule has 1 saturated heterocycles. The third kappa shape index (κ3) is 3.67. The highest BCUT2D eigenvalue weighted by molar-refractivity contribution is 9.10. The molecule has 1 N–H and O–H groups in total. The molecule has 0 radical (unpaired) electrons. The molecule has 2 rings (SSSR count). The van der Waals surface area contributed by atoms with Gasteiger partial charge in [-0.2, -0.15) is 5.26 Å². The van der Waals surface area contributed by atoms with Crippen molar-refractivity contribution in [1.82, 2.24) is 10.2 Å². The van der Waals surface area contributed by atoms with E-state index in [2.05, 4.69) is 32.2 Å². The maximum absolute atomic E-state index is 9.20. The first kappa shape index (κ1) is 16.1. The van der Waals surface area contributed by atoms with Crippen LogP contribution < -0.4 is 14.8 Å². The molecular formula is C15H20BrN3O2. The van der Waals surface area contributed by atoms with E-state index in [0.717, 1.165) is 47.7 Å². The second-order valence-corrected chi connectivity index (χ2v) is 5.75. The van der Waals surface area contributed by atoms with E-state index in [1.165, 1.54) is 0 Å². The van der Waals surface area contributed by atoms with Crippen molar-refractivity contribution in [2.45, 2.75) is 12.5 Å². The Morgan fingerprint density at radius 2 is 1.95 bits per heavy atom. The Labute approximate surface area is 134 Å². The number of nitrogens with one attached hydrogen (secondary N) is 1. The van der Waals surface area contributed by atoms with Crippen molar-refractivity contribution in [2.24, 2.45) is 0 Å². The van der Waals surface area contributed by atoms with E-state index >= 15 is 0 Å². The van der Waals surface area contributed by atoms with Crippen LogP contribution in [-0.4, -0.2) is 45.3 Å². The maximum Gasteiger partial charge on any atom is 0.133 e. The van der Waals surface area contributed by atoms with Crippen LogP contribution in [0.15, 0.2) is 16.6 Å². The molecule has 6 heteroatoms. The molecule has 5 nitrogen and oxygen atoms in total. The number of benzene rings is 1. The van der Waals surface area contributed by atoms with Crippen LogP contribution in [0.4, 0.5) is 0 Å². The maximum atomic E-state index is 9.20. The summed E-state index contributed by atoms with van der Waals surface area (Å²) in [5.41, 5.74) is 1.00. The molecule has 0 unspecified atom stereocenters. The summed E-state index contributed by atoms with van der Waals surface area (Å²) in [6.45, 7) is 3.73. The summed E-state index contributed by atoms with van der Waals surface area (Å²) in [5, 5.41) is 12.5. The quantitative estimate of drug-likeness (QED) is 0.880.